The van der Waals surface area contributed by atoms with Crippen LogP contribution in [0.2, 0.25) is 0 Å². The van der Waals surface area contributed by atoms with Crippen LogP contribution in [0.25, 0.3) is 0 Å². The van der Waals surface area contributed by atoms with E-state index in [9.17, 15) is 4.79 Å². The molecule has 0 aliphatic rings. The molecule has 0 aromatic heterocycles. The Morgan fingerprint density at radius 2 is 2.10 bits per heavy atom. The van der Waals surface area contributed by atoms with Gasteiger partial charge in [0.2, 0.25) is 0 Å². The molecular formula is C8H14O2. The molecule has 0 saturated heterocycles. The first-order chi connectivity index (χ1) is 4.62. The van der Waals surface area contributed by atoms with Crippen molar-refractivity contribution >= 4 is 6.29 Å². The van der Waals surface area contributed by atoms with Gasteiger partial charge in [-0.15, -0.1) is 0 Å². The minimum Gasteiger partial charge on any atom is -0.364 e. The number of aldehydes is 1. The summed E-state index contributed by atoms with van der Waals surface area (Å²) in [6, 6.07) is 0. The number of ether oxygens (including phenoxy) is 1. The van der Waals surface area contributed by atoms with Gasteiger partial charge >= 0.3 is 0 Å². The van der Waals surface area contributed by atoms with Crippen molar-refractivity contribution in [2.24, 2.45) is 0 Å². The summed E-state index contributed by atoms with van der Waals surface area (Å²) in [5.41, 5.74) is -0.639. The predicted octanol–water partition coefficient (Wildman–Crippen LogP) is 1.56. The van der Waals surface area contributed by atoms with Crippen LogP contribution in [0.3, 0.4) is 0 Å². The maximum absolute atomic E-state index is 10.3. The summed E-state index contributed by atoms with van der Waals surface area (Å²) in [4.78, 5) is 10.3. The van der Waals surface area contributed by atoms with E-state index in [0.717, 1.165) is 6.29 Å². The van der Waals surface area contributed by atoms with E-state index in [4.69, 9.17) is 4.74 Å². The Morgan fingerprint density at radius 1 is 1.50 bits per heavy atom. The smallest absolute Gasteiger partial charge is 0.151 e. The van der Waals surface area contributed by atoms with Gasteiger partial charge in [-0.2, -0.15) is 0 Å². The summed E-state index contributed by atoms with van der Waals surface area (Å²) in [6.07, 6.45) is 4.56. The number of hydrogen-bond donors (Lipinski definition) is 0. The zero-order valence-electron chi connectivity index (χ0n) is 6.76. The van der Waals surface area contributed by atoms with Gasteiger partial charge < -0.3 is 9.53 Å². The van der Waals surface area contributed by atoms with E-state index < -0.39 is 5.60 Å². The highest BCUT2D eigenvalue weighted by Gasteiger charge is 2.14. The van der Waals surface area contributed by atoms with Crippen molar-refractivity contribution in [1.29, 1.82) is 0 Å². The van der Waals surface area contributed by atoms with Crippen molar-refractivity contribution in [2.75, 3.05) is 6.61 Å². The van der Waals surface area contributed by atoms with Crippen LogP contribution < -0.4 is 0 Å². The molecule has 0 N–H and O–H groups in total. The largest absolute Gasteiger partial charge is 0.364 e. The van der Waals surface area contributed by atoms with Gasteiger partial charge in [-0.1, -0.05) is 12.2 Å². The van der Waals surface area contributed by atoms with Crippen LogP contribution in [-0.4, -0.2) is 18.5 Å². The van der Waals surface area contributed by atoms with Crippen molar-refractivity contribution < 1.29 is 9.53 Å². The van der Waals surface area contributed by atoms with E-state index in [1.54, 1.807) is 13.8 Å². The van der Waals surface area contributed by atoms with E-state index in [2.05, 4.69) is 0 Å². The van der Waals surface area contributed by atoms with Crippen molar-refractivity contribution in [2.45, 2.75) is 26.4 Å². The van der Waals surface area contributed by atoms with E-state index in [0.29, 0.717) is 6.61 Å². The van der Waals surface area contributed by atoms with E-state index in [-0.39, 0.29) is 0 Å². The first kappa shape index (κ1) is 9.37. The highest BCUT2D eigenvalue weighted by molar-refractivity contribution is 5.60. The van der Waals surface area contributed by atoms with Gasteiger partial charge in [-0.05, 0) is 20.8 Å². The molecule has 0 unspecified atom stereocenters. The fourth-order valence-corrected chi connectivity index (χ4v) is 0.393. The standard InChI is InChI=1S/C8H14O2/c1-4-5-6-10-8(2,3)7-9/h4-5,7H,6H2,1-3H3/b5-4+. The van der Waals surface area contributed by atoms with Crippen LogP contribution >= 0.6 is 0 Å². The summed E-state index contributed by atoms with van der Waals surface area (Å²) in [7, 11) is 0. The third kappa shape index (κ3) is 4.27. The lowest BCUT2D eigenvalue weighted by atomic mass is 10.2. The van der Waals surface area contributed by atoms with Crippen molar-refractivity contribution in [3.63, 3.8) is 0 Å². The second kappa shape index (κ2) is 4.23. The van der Waals surface area contributed by atoms with Gasteiger partial charge in [0.15, 0.2) is 6.29 Å². The Labute approximate surface area is 61.9 Å². The summed E-state index contributed by atoms with van der Waals surface area (Å²) >= 11 is 0. The third-order valence-corrected chi connectivity index (χ3v) is 1.07. The van der Waals surface area contributed by atoms with Crippen LogP contribution in [0.1, 0.15) is 20.8 Å². The maximum atomic E-state index is 10.3. The van der Waals surface area contributed by atoms with Crippen LogP contribution in [0.15, 0.2) is 12.2 Å². The molecule has 0 aromatic carbocycles. The Hall–Kier alpha value is -0.630. The topological polar surface area (TPSA) is 26.3 Å². The van der Waals surface area contributed by atoms with E-state index in [1.807, 2.05) is 19.1 Å². The number of rotatable bonds is 4. The van der Waals surface area contributed by atoms with Gasteiger partial charge in [0.05, 0.1) is 6.61 Å². The third-order valence-electron chi connectivity index (χ3n) is 1.07. The molecule has 0 aliphatic carbocycles. The van der Waals surface area contributed by atoms with Crippen molar-refractivity contribution in [1.82, 2.24) is 0 Å². The Morgan fingerprint density at radius 3 is 2.50 bits per heavy atom. The summed E-state index contributed by atoms with van der Waals surface area (Å²) in [6.45, 7) is 5.90. The van der Waals surface area contributed by atoms with Crippen molar-refractivity contribution in [3.05, 3.63) is 12.2 Å². The number of allylic oxidation sites excluding steroid dienone is 1. The second-order valence-corrected chi connectivity index (χ2v) is 2.60. The highest BCUT2D eigenvalue weighted by atomic mass is 16.5. The first-order valence-corrected chi connectivity index (χ1v) is 3.34. The first-order valence-electron chi connectivity index (χ1n) is 3.34. The van der Waals surface area contributed by atoms with Crippen LogP contribution in [0.4, 0.5) is 0 Å². The zero-order valence-corrected chi connectivity index (χ0v) is 6.76. The molecule has 0 heterocycles. The molecule has 0 aliphatic heterocycles. The normalized spacial score (nSPS) is 12.3. The fourth-order valence-electron chi connectivity index (χ4n) is 0.393. The lowest BCUT2D eigenvalue weighted by Gasteiger charge is -2.15. The predicted molar refractivity (Wildman–Crippen MR) is 40.9 cm³/mol. The molecule has 2 nitrogen and oxygen atoms in total. The molecule has 10 heavy (non-hydrogen) atoms. The van der Waals surface area contributed by atoms with Gasteiger partial charge in [-0.25, -0.2) is 0 Å². The number of carbonyl (C=O) groups excluding carboxylic acids is 1. The molecule has 0 rings (SSSR count). The van der Waals surface area contributed by atoms with E-state index >= 15 is 0 Å². The lowest BCUT2D eigenvalue weighted by molar-refractivity contribution is -0.125. The Kier molecular flexibility index (Phi) is 3.96. The average Bonchev–Trinajstić information content (AvgIpc) is 1.89. The molecule has 0 saturated carbocycles. The quantitative estimate of drug-likeness (QED) is 0.440. The molecule has 58 valence electrons. The molecule has 0 amide bonds. The molecular weight excluding hydrogens is 128 g/mol. The maximum Gasteiger partial charge on any atom is 0.151 e. The molecule has 0 bridgehead atoms. The zero-order chi connectivity index (χ0) is 8.04. The SMILES string of the molecule is C/C=C/COC(C)(C)C=O. The highest BCUT2D eigenvalue weighted by Crippen LogP contribution is 2.03. The molecule has 2 heteroatoms. The summed E-state index contributed by atoms with van der Waals surface area (Å²) in [5.74, 6) is 0. The van der Waals surface area contributed by atoms with Crippen LogP contribution in [0.5, 0.6) is 0 Å². The van der Waals surface area contributed by atoms with Crippen LogP contribution in [-0.2, 0) is 9.53 Å². The summed E-state index contributed by atoms with van der Waals surface area (Å²) < 4.78 is 5.16. The molecule has 0 aromatic rings. The number of carbonyl (C=O) groups is 1. The van der Waals surface area contributed by atoms with Crippen molar-refractivity contribution in [3.8, 4) is 0 Å². The second-order valence-electron chi connectivity index (χ2n) is 2.60. The minimum absolute atomic E-state index is 0.502. The van der Waals surface area contributed by atoms with Crippen LogP contribution in [0, 0.1) is 0 Å². The van der Waals surface area contributed by atoms with Gasteiger partial charge in [0.25, 0.3) is 0 Å². The molecule has 0 spiro atoms. The average molecular weight is 142 g/mol. The minimum atomic E-state index is -0.639. The van der Waals surface area contributed by atoms with E-state index in [1.165, 1.54) is 0 Å². The fraction of sp³-hybridized carbons (Fsp3) is 0.625. The Balaban J connectivity index is 3.56. The number of hydrogen-bond acceptors (Lipinski definition) is 2. The lowest BCUT2D eigenvalue weighted by Crippen LogP contribution is -2.25. The molecule has 0 atom stereocenters. The van der Waals surface area contributed by atoms with Gasteiger partial charge in [0, 0.05) is 0 Å². The van der Waals surface area contributed by atoms with Gasteiger partial charge in [0.1, 0.15) is 5.60 Å². The molecule has 0 radical (unpaired) electrons. The monoisotopic (exact) mass is 142 g/mol. The summed E-state index contributed by atoms with van der Waals surface area (Å²) in [5, 5.41) is 0. The van der Waals surface area contributed by atoms with Gasteiger partial charge in [-0.3, -0.25) is 0 Å². The Bertz CT molecular complexity index is 125. The molecule has 0 fully saturated rings.